The summed E-state index contributed by atoms with van der Waals surface area (Å²) in [4.78, 5) is 38.4. The van der Waals surface area contributed by atoms with Crippen molar-refractivity contribution in [2.75, 3.05) is 11.9 Å². The van der Waals surface area contributed by atoms with Crippen molar-refractivity contribution in [1.82, 2.24) is 9.55 Å². The fourth-order valence-electron chi connectivity index (χ4n) is 2.09. The quantitative estimate of drug-likeness (QED) is 0.766. The number of anilines is 1. The zero-order valence-corrected chi connectivity index (χ0v) is 14.1. The number of hydrogen-bond acceptors (Lipinski definition) is 5. The van der Waals surface area contributed by atoms with Gasteiger partial charge in [-0.1, -0.05) is 18.2 Å². The third-order valence-electron chi connectivity index (χ3n) is 3.40. The zero-order chi connectivity index (χ0) is 18.9. The number of rotatable bonds is 7. The van der Waals surface area contributed by atoms with Gasteiger partial charge in [0.05, 0.1) is 11.9 Å². The lowest BCUT2D eigenvalue weighted by Crippen LogP contribution is -2.24. The summed E-state index contributed by atoms with van der Waals surface area (Å²) in [6, 6.07) is 9.84. The number of benzene rings is 1. The number of esters is 1. The summed E-state index contributed by atoms with van der Waals surface area (Å²) in [5.41, 5.74) is 0.0301. The first kappa shape index (κ1) is 19.0. The van der Waals surface area contributed by atoms with Gasteiger partial charge in [-0.15, -0.1) is 0 Å². The van der Waals surface area contributed by atoms with E-state index >= 15 is 0 Å². The summed E-state index contributed by atoms with van der Waals surface area (Å²) in [5, 5.41) is 2.40. The molecule has 0 aliphatic rings. The van der Waals surface area contributed by atoms with Crippen LogP contribution in [0.15, 0.2) is 59.3 Å². The van der Waals surface area contributed by atoms with Crippen molar-refractivity contribution in [3.05, 3.63) is 70.5 Å². The van der Waals surface area contributed by atoms with Crippen LogP contribution < -0.4 is 11.0 Å². The number of halogens is 1. The van der Waals surface area contributed by atoms with E-state index in [0.717, 1.165) is 0 Å². The number of aryl methyl sites for hydroxylation is 1. The molecular formula is C18H18FN3O4. The summed E-state index contributed by atoms with van der Waals surface area (Å²) >= 11 is 0. The maximum atomic E-state index is 13.0. The Balaban J connectivity index is 1.90. The third kappa shape index (κ3) is 5.66. The Hall–Kier alpha value is -3.29. The molecule has 0 aliphatic carbocycles. The van der Waals surface area contributed by atoms with Gasteiger partial charge in [-0.3, -0.25) is 9.36 Å². The van der Waals surface area contributed by atoms with E-state index in [9.17, 15) is 18.8 Å². The molecule has 1 amide bonds. The molecule has 26 heavy (non-hydrogen) atoms. The molecule has 8 heteroatoms. The lowest BCUT2D eigenvalue weighted by atomic mass is 10.2. The van der Waals surface area contributed by atoms with Crippen molar-refractivity contribution in [2.45, 2.75) is 19.9 Å². The van der Waals surface area contributed by atoms with Crippen molar-refractivity contribution < 1.29 is 18.7 Å². The lowest BCUT2D eigenvalue weighted by Gasteiger charge is -2.09. The van der Waals surface area contributed by atoms with Crippen molar-refractivity contribution >= 4 is 17.7 Å². The highest BCUT2D eigenvalue weighted by atomic mass is 19.1. The number of ether oxygens (including phenoxy) is 1. The Morgan fingerprint density at radius 2 is 2.00 bits per heavy atom. The second-order valence-corrected chi connectivity index (χ2v) is 5.43. The molecule has 0 radical (unpaired) electrons. The van der Waals surface area contributed by atoms with Crippen LogP contribution in [0, 0.1) is 0 Å². The summed E-state index contributed by atoms with van der Waals surface area (Å²) in [5.74, 6) is -0.738. The molecule has 1 N–H and O–H groups in total. The molecule has 7 nitrogen and oxygen atoms in total. The third-order valence-corrected chi connectivity index (χ3v) is 3.40. The van der Waals surface area contributed by atoms with E-state index in [0.29, 0.717) is 11.9 Å². The monoisotopic (exact) mass is 359 g/mol. The average Bonchev–Trinajstić information content (AvgIpc) is 2.63. The molecule has 2 aromatic rings. The number of nitrogens with zero attached hydrogens (tertiary/aromatic N) is 2. The van der Waals surface area contributed by atoms with Crippen LogP contribution in [-0.4, -0.2) is 28.0 Å². The number of nitrogens with one attached hydrogen (secondary N) is 1. The van der Waals surface area contributed by atoms with Gasteiger partial charge in [0.2, 0.25) is 5.91 Å². The molecule has 1 aromatic heterocycles. The Morgan fingerprint density at radius 1 is 1.27 bits per heavy atom. The van der Waals surface area contributed by atoms with Gasteiger partial charge in [-0.25, -0.2) is 14.0 Å². The first-order chi connectivity index (χ1) is 12.5. The summed E-state index contributed by atoms with van der Waals surface area (Å²) in [6.45, 7) is 1.25. The van der Waals surface area contributed by atoms with Crippen molar-refractivity contribution in [1.29, 1.82) is 0 Å². The van der Waals surface area contributed by atoms with Crippen molar-refractivity contribution in [2.24, 2.45) is 0 Å². The first-order valence-electron chi connectivity index (χ1n) is 7.85. The molecule has 0 saturated carbocycles. The predicted octanol–water partition coefficient (Wildman–Crippen LogP) is 2.30. The molecule has 1 aromatic carbocycles. The summed E-state index contributed by atoms with van der Waals surface area (Å²) in [7, 11) is 0. The largest absolute Gasteiger partial charge is 0.457 e. The number of hydrogen-bond donors (Lipinski definition) is 1. The molecule has 1 heterocycles. The van der Waals surface area contributed by atoms with Gasteiger partial charge in [0.1, 0.15) is 12.4 Å². The van der Waals surface area contributed by atoms with Crippen LogP contribution in [0.5, 0.6) is 0 Å². The van der Waals surface area contributed by atoms with Gasteiger partial charge in [0.15, 0.2) is 0 Å². The average molecular weight is 359 g/mol. The number of carbonyl (C=O) groups is 2. The first-order valence-corrected chi connectivity index (χ1v) is 7.85. The molecular weight excluding hydrogens is 341 g/mol. The van der Waals surface area contributed by atoms with Crippen molar-refractivity contribution in [3.63, 3.8) is 0 Å². The Kier molecular flexibility index (Phi) is 6.78. The van der Waals surface area contributed by atoms with E-state index in [1.165, 1.54) is 23.8 Å². The summed E-state index contributed by atoms with van der Waals surface area (Å²) in [6.07, 6.45) is 1.98. The molecule has 0 bridgehead atoms. The molecule has 0 aliphatic heterocycles. The fourth-order valence-corrected chi connectivity index (χ4v) is 2.09. The van der Waals surface area contributed by atoms with Crippen LogP contribution in [-0.2, 0) is 16.1 Å². The van der Waals surface area contributed by atoms with E-state index < -0.39 is 11.7 Å². The highest BCUT2D eigenvalue weighted by Gasteiger charge is 2.09. The molecule has 2 rings (SSSR count). The molecule has 0 atom stereocenters. The highest BCUT2D eigenvalue weighted by Crippen LogP contribution is 2.08. The van der Waals surface area contributed by atoms with Crippen LogP contribution >= 0.6 is 0 Å². The second-order valence-electron chi connectivity index (χ2n) is 5.43. The van der Waals surface area contributed by atoms with Gasteiger partial charge >= 0.3 is 11.7 Å². The van der Waals surface area contributed by atoms with Gasteiger partial charge < -0.3 is 10.1 Å². The van der Waals surface area contributed by atoms with Gasteiger partial charge in [-0.2, -0.15) is 4.98 Å². The molecule has 0 saturated heterocycles. The zero-order valence-electron chi connectivity index (χ0n) is 14.1. The standard InChI is InChI=1S/C18H18FN3O4/c1-13(23)20-16-8-10-22(18(25)21-16)9-7-14(11-19)12-26-17(24)15-5-3-2-4-6-15/h2-6,8,10-11H,7,9,12H2,1H3,(H,20,21,23,25). The van der Waals surface area contributed by atoms with Crippen LogP contribution in [0.4, 0.5) is 10.2 Å². The smallest absolute Gasteiger partial charge is 0.349 e. The van der Waals surface area contributed by atoms with E-state index in [4.69, 9.17) is 4.74 Å². The second kappa shape index (κ2) is 9.26. The Labute approximate surface area is 149 Å². The van der Waals surface area contributed by atoms with Gasteiger partial charge in [-0.05, 0) is 30.2 Å². The number of amides is 1. The molecule has 0 fully saturated rings. The topological polar surface area (TPSA) is 90.3 Å². The maximum Gasteiger partial charge on any atom is 0.349 e. The van der Waals surface area contributed by atoms with Gasteiger partial charge in [0, 0.05) is 19.7 Å². The van der Waals surface area contributed by atoms with Crippen LogP contribution in [0.3, 0.4) is 0 Å². The van der Waals surface area contributed by atoms with E-state index in [1.807, 2.05) is 0 Å². The van der Waals surface area contributed by atoms with Crippen molar-refractivity contribution in [3.8, 4) is 0 Å². The highest BCUT2D eigenvalue weighted by molar-refractivity contribution is 5.89. The Morgan fingerprint density at radius 3 is 2.62 bits per heavy atom. The molecule has 136 valence electrons. The lowest BCUT2D eigenvalue weighted by molar-refractivity contribution is -0.114. The SMILES string of the molecule is CC(=O)Nc1ccn(CCC(=CF)COC(=O)c2ccccc2)c(=O)n1. The molecule has 0 spiro atoms. The minimum absolute atomic E-state index is 0.150. The minimum Gasteiger partial charge on any atom is -0.457 e. The number of carbonyl (C=O) groups excluding carboxylic acids is 2. The van der Waals surface area contributed by atoms with Crippen LogP contribution in [0.25, 0.3) is 0 Å². The van der Waals surface area contributed by atoms with E-state index in [-0.39, 0.29) is 36.9 Å². The number of aromatic nitrogens is 2. The normalized spacial score (nSPS) is 11.1. The minimum atomic E-state index is -0.573. The maximum absolute atomic E-state index is 13.0. The fraction of sp³-hybridized carbons (Fsp3) is 0.222. The predicted molar refractivity (Wildman–Crippen MR) is 93.3 cm³/mol. The summed E-state index contributed by atoms with van der Waals surface area (Å²) < 4.78 is 19.4. The Bertz CT molecular complexity index is 862. The van der Waals surface area contributed by atoms with Gasteiger partial charge in [0.25, 0.3) is 0 Å². The van der Waals surface area contributed by atoms with E-state index in [2.05, 4.69) is 10.3 Å². The molecule has 0 unspecified atom stereocenters. The van der Waals surface area contributed by atoms with Crippen LogP contribution in [0.2, 0.25) is 0 Å². The van der Waals surface area contributed by atoms with E-state index in [1.54, 1.807) is 30.3 Å². The van der Waals surface area contributed by atoms with Crippen LogP contribution in [0.1, 0.15) is 23.7 Å².